The van der Waals surface area contributed by atoms with Gasteiger partial charge in [-0.3, -0.25) is 29.3 Å². The summed E-state index contributed by atoms with van der Waals surface area (Å²) >= 11 is 5.55. The highest BCUT2D eigenvalue weighted by atomic mass is 35.5. The van der Waals surface area contributed by atoms with E-state index in [0.717, 1.165) is 50.4 Å². The SMILES string of the molecule is CNC(O)(CO)C(=O)NCCC12CCC3C(CCC4C3CCC3C(C)(C)C(CC(=O)C5CC(C(=O)O)C5C)CCC43C)C1=C(C(C)C)C(=O)C2.O=Cc1ccc(Cl)cc1. The lowest BCUT2D eigenvalue weighted by Gasteiger charge is -2.65. The van der Waals surface area contributed by atoms with Crippen molar-refractivity contribution in [2.45, 2.75) is 124 Å². The fourth-order valence-electron chi connectivity index (χ4n) is 13.9. The molecule has 326 valence electrons. The number of aliphatic hydroxyl groups excluding tert-OH is 1. The van der Waals surface area contributed by atoms with Crippen LogP contribution in [0.5, 0.6) is 0 Å². The van der Waals surface area contributed by atoms with E-state index in [9.17, 15) is 39.3 Å². The standard InChI is InChI=1S/C41H64N2O7.C7H5ClO/c1-22(2)34-32(46)20-40(16-17-43-37(49)41(50,21-44)42-7)15-13-25-26-9-11-33-38(4,5)24(18-31(45)28-19-29(23(28)3)36(47)48)12-14-39(33,6)30(26)10-8-27(25)35(34)40;8-7-3-1-6(5-9)2-4-7/h22-30,33,42,44,50H,8-21H2,1-7H3,(H,43,49)(H,47,48);1-5H. The minimum Gasteiger partial charge on any atom is -0.481 e. The van der Waals surface area contributed by atoms with Gasteiger partial charge in [-0.05, 0) is 147 Å². The molecule has 0 aromatic heterocycles. The second kappa shape index (κ2) is 17.5. The van der Waals surface area contributed by atoms with Gasteiger partial charge in [-0.1, -0.05) is 70.8 Å². The zero-order valence-corrected chi connectivity index (χ0v) is 37.1. The molecule has 12 unspecified atom stereocenters. The van der Waals surface area contributed by atoms with Gasteiger partial charge >= 0.3 is 5.97 Å². The summed E-state index contributed by atoms with van der Waals surface area (Å²) in [7, 11) is 1.44. The van der Waals surface area contributed by atoms with Crippen LogP contribution >= 0.6 is 11.6 Å². The maximum Gasteiger partial charge on any atom is 0.306 e. The first-order chi connectivity index (χ1) is 27.8. The number of likely N-dealkylation sites (N-methyl/N-ethyl adjacent to an activating group) is 1. The number of benzene rings is 1. The number of halogens is 1. The number of hydrogen-bond donors (Lipinski definition) is 5. The fourth-order valence-corrected chi connectivity index (χ4v) is 14.0. The third kappa shape index (κ3) is 8.26. The van der Waals surface area contributed by atoms with Crippen LogP contribution in [-0.4, -0.2) is 71.0 Å². The minimum atomic E-state index is -2.03. The number of carbonyl (C=O) groups is 5. The zero-order chi connectivity index (χ0) is 43.2. The maximum atomic E-state index is 13.8. The number of carbonyl (C=O) groups excluding carboxylic acids is 4. The van der Waals surface area contributed by atoms with Crippen molar-refractivity contribution in [2.24, 2.45) is 75.4 Å². The van der Waals surface area contributed by atoms with E-state index in [1.165, 1.54) is 25.5 Å². The normalized spacial score (nSPS) is 36.7. The van der Waals surface area contributed by atoms with Gasteiger partial charge in [0, 0.05) is 41.3 Å². The molecule has 5 fully saturated rings. The highest BCUT2D eigenvalue weighted by Crippen LogP contribution is 2.70. The first kappa shape index (κ1) is 45.6. The molecule has 6 aliphatic carbocycles. The van der Waals surface area contributed by atoms with Crippen LogP contribution in [0.2, 0.25) is 5.02 Å². The van der Waals surface area contributed by atoms with Crippen LogP contribution in [-0.2, 0) is 19.2 Å². The van der Waals surface area contributed by atoms with Crippen molar-refractivity contribution in [3.05, 3.63) is 46.0 Å². The molecule has 0 bridgehead atoms. The smallest absolute Gasteiger partial charge is 0.306 e. The monoisotopic (exact) mass is 836 g/mol. The number of carboxylic acid groups (broad SMARTS) is 1. The average molecular weight is 838 g/mol. The highest BCUT2D eigenvalue weighted by molar-refractivity contribution is 6.30. The first-order valence-corrected chi connectivity index (χ1v) is 22.7. The van der Waals surface area contributed by atoms with Gasteiger partial charge in [0.25, 0.3) is 5.91 Å². The van der Waals surface area contributed by atoms with Crippen LogP contribution in [0.15, 0.2) is 35.4 Å². The number of ketones is 2. The number of allylic oxidation sites excluding steroid dienone is 2. The highest BCUT2D eigenvalue weighted by Gasteiger charge is 2.63. The van der Waals surface area contributed by atoms with E-state index >= 15 is 0 Å². The molecule has 0 aliphatic heterocycles. The van der Waals surface area contributed by atoms with Gasteiger partial charge in [0.05, 0.1) is 12.5 Å². The number of aliphatic carboxylic acids is 1. The number of hydrogen-bond acceptors (Lipinski definition) is 8. The van der Waals surface area contributed by atoms with Crippen molar-refractivity contribution in [3.8, 4) is 0 Å². The molecule has 5 N–H and O–H groups in total. The fraction of sp³-hybridized carbons (Fsp3) is 0.729. The lowest BCUT2D eigenvalue weighted by atomic mass is 9.39. The van der Waals surface area contributed by atoms with Crippen LogP contribution in [0.1, 0.15) is 129 Å². The first-order valence-electron chi connectivity index (χ1n) is 22.3. The molecule has 11 heteroatoms. The lowest BCUT2D eigenvalue weighted by molar-refractivity contribution is -0.162. The van der Waals surface area contributed by atoms with Gasteiger partial charge in [0.2, 0.25) is 5.72 Å². The Morgan fingerprint density at radius 2 is 1.68 bits per heavy atom. The van der Waals surface area contributed by atoms with Gasteiger partial charge in [-0.15, -0.1) is 0 Å². The second-order valence-corrected chi connectivity index (χ2v) is 20.9. The molecule has 1 amide bonds. The summed E-state index contributed by atoms with van der Waals surface area (Å²) in [5.41, 5.74) is 1.04. The maximum absolute atomic E-state index is 13.8. The molecule has 0 heterocycles. The van der Waals surface area contributed by atoms with Crippen molar-refractivity contribution in [3.63, 3.8) is 0 Å². The predicted molar refractivity (Wildman–Crippen MR) is 227 cm³/mol. The van der Waals surface area contributed by atoms with Gasteiger partial charge in [-0.25, -0.2) is 0 Å². The number of aliphatic hydroxyl groups is 2. The number of aldehydes is 1. The van der Waals surface area contributed by atoms with E-state index in [1.54, 1.807) is 24.3 Å². The van der Waals surface area contributed by atoms with E-state index in [0.29, 0.717) is 78.3 Å². The molecule has 1 aromatic rings. The summed E-state index contributed by atoms with van der Waals surface area (Å²) in [6.45, 7) is 13.2. The summed E-state index contributed by atoms with van der Waals surface area (Å²) in [5, 5.41) is 35.5. The third-order valence-electron chi connectivity index (χ3n) is 17.2. The topological polar surface area (TPSA) is 170 Å². The van der Waals surface area contributed by atoms with E-state index < -0.39 is 24.2 Å². The Balaban J connectivity index is 0.000000575. The molecule has 12 atom stereocenters. The molecular weight excluding hydrogens is 768 g/mol. The molecular formula is C48H69ClN2O8. The number of fused-ring (bicyclic) bond motifs is 7. The molecule has 0 spiro atoms. The second-order valence-electron chi connectivity index (χ2n) is 20.5. The van der Waals surface area contributed by atoms with Crippen LogP contribution in [0.25, 0.3) is 0 Å². The van der Waals surface area contributed by atoms with Crippen LogP contribution < -0.4 is 10.6 Å². The minimum absolute atomic E-state index is 0.0382. The van der Waals surface area contributed by atoms with Gasteiger partial charge in [0.15, 0.2) is 5.78 Å². The Bertz CT molecular complexity index is 1800. The lowest BCUT2D eigenvalue weighted by Crippen LogP contribution is -2.59. The van der Waals surface area contributed by atoms with E-state index in [1.807, 2.05) is 6.92 Å². The van der Waals surface area contributed by atoms with E-state index in [2.05, 4.69) is 45.3 Å². The Morgan fingerprint density at radius 3 is 2.27 bits per heavy atom. The predicted octanol–water partition coefficient (Wildman–Crippen LogP) is 7.68. The van der Waals surface area contributed by atoms with Crippen molar-refractivity contribution < 1.29 is 39.3 Å². The van der Waals surface area contributed by atoms with Gasteiger partial charge in [-0.2, -0.15) is 0 Å². The summed E-state index contributed by atoms with van der Waals surface area (Å²) in [6.07, 6.45) is 11.9. The van der Waals surface area contributed by atoms with E-state index in [4.69, 9.17) is 11.6 Å². The Labute approximate surface area is 356 Å². The molecule has 7 rings (SSSR count). The largest absolute Gasteiger partial charge is 0.481 e. The summed E-state index contributed by atoms with van der Waals surface area (Å²) in [4.78, 5) is 61.6. The number of amides is 1. The average Bonchev–Trinajstić information content (AvgIpc) is 3.50. The summed E-state index contributed by atoms with van der Waals surface area (Å²) < 4.78 is 0. The van der Waals surface area contributed by atoms with E-state index in [-0.39, 0.29) is 51.5 Å². The molecule has 10 nitrogen and oxygen atoms in total. The summed E-state index contributed by atoms with van der Waals surface area (Å²) in [5.74, 6) is 1.80. The molecule has 6 aliphatic rings. The zero-order valence-electron chi connectivity index (χ0n) is 36.3. The molecule has 1 aromatic carbocycles. The Morgan fingerprint density at radius 1 is 0.983 bits per heavy atom. The Hall–Kier alpha value is -2.92. The third-order valence-corrected chi connectivity index (χ3v) is 17.5. The number of carboxylic acids is 1. The molecule has 5 saturated carbocycles. The quantitative estimate of drug-likeness (QED) is 0.105. The van der Waals surface area contributed by atoms with Crippen LogP contribution in [0, 0.1) is 75.4 Å². The van der Waals surface area contributed by atoms with Crippen molar-refractivity contribution >= 4 is 41.3 Å². The molecule has 59 heavy (non-hydrogen) atoms. The van der Waals surface area contributed by atoms with Crippen molar-refractivity contribution in [1.29, 1.82) is 0 Å². The van der Waals surface area contributed by atoms with Gasteiger partial charge in [0.1, 0.15) is 12.1 Å². The van der Waals surface area contributed by atoms with Crippen molar-refractivity contribution in [2.75, 3.05) is 20.2 Å². The molecule has 0 radical (unpaired) electrons. The molecule has 0 saturated heterocycles. The van der Waals surface area contributed by atoms with Gasteiger partial charge < -0.3 is 20.6 Å². The van der Waals surface area contributed by atoms with Crippen LogP contribution in [0.4, 0.5) is 0 Å². The summed E-state index contributed by atoms with van der Waals surface area (Å²) in [6, 6.07) is 6.72. The number of nitrogens with one attached hydrogen (secondary N) is 2. The van der Waals surface area contributed by atoms with Crippen molar-refractivity contribution in [1.82, 2.24) is 10.6 Å². The number of Topliss-reactive ketones (excluding diaryl/α,β-unsaturated/α-hetero) is 2. The number of rotatable bonds is 12. The Kier molecular flexibility index (Phi) is 13.5. The van der Waals surface area contributed by atoms with Crippen LogP contribution in [0.3, 0.4) is 0 Å².